The summed E-state index contributed by atoms with van der Waals surface area (Å²) in [5.74, 6) is -0.466. The van der Waals surface area contributed by atoms with Crippen LogP contribution in [0.5, 0.6) is 11.5 Å². The Labute approximate surface area is 143 Å². The molecule has 0 aliphatic carbocycles. The highest BCUT2D eigenvalue weighted by Gasteiger charge is 2.17. The van der Waals surface area contributed by atoms with Crippen LogP contribution < -0.4 is 10.1 Å². The summed E-state index contributed by atoms with van der Waals surface area (Å²) in [5.41, 5.74) is 0.219. The van der Waals surface area contributed by atoms with Crippen molar-refractivity contribution >= 4 is 17.6 Å². The van der Waals surface area contributed by atoms with Crippen LogP contribution in [0.15, 0.2) is 72.9 Å². The van der Waals surface area contributed by atoms with Crippen molar-refractivity contribution in [2.24, 2.45) is 0 Å². The van der Waals surface area contributed by atoms with Crippen LogP contribution in [0.3, 0.4) is 0 Å². The van der Waals surface area contributed by atoms with E-state index >= 15 is 0 Å². The Hall–Kier alpha value is -3.67. The fourth-order valence-corrected chi connectivity index (χ4v) is 2.18. The van der Waals surface area contributed by atoms with Crippen LogP contribution in [0.2, 0.25) is 0 Å². The summed E-state index contributed by atoms with van der Waals surface area (Å²) in [7, 11) is 0. The standard InChI is InChI=1S/C19H14N2O4/c22-18(17-16(19(23)24)7-4-12-20-17)21-13-8-10-15(11-9-13)25-14-5-2-1-3-6-14/h1-12H,(H,21,22)(H,23,24). The number of carbonyl (C=O) groups excluding carboxylic acids is 1. The molecule has 0 saturated carbocycles. The van der Waals surface area contributed by atoms with Crippen LogP contribution in [0.25, 0.3) is 0 Å². The molecule has 1 amide bonds. The maximum absolute atomic E-state index is 12.2. The number of anilines is 1. The van der Waals surface area contributed by atoms with Crippen LogP contribution in [0, 0.1) is 0 Å². The summed E-state index contributed by atoms with van der Waals surface area (Å²) >= 11 is 0. The molecule has 6 heteroatoms. The summed E-state index contributed by atoms with van der Waals surface area (Å²) in [6.45, 7) is 0. The number of para-hydroxylation sites is 1. The van der Waals surface area contributed by atoms with Crippen LogP contribution in [-0.2, 0) is 0 Å². The number of hydrogen-bond acceptors (Lipinski definition) is 4. The molecule has 0 fully saturated rings. The van der Waals surface area contributed by atoms with Gasteiger partial charge in [-0.05, 0) is 48.5 Å². The van der Waals surface area contributed by atoms with Gasteiger partial charge in [0.1, 0.15) is 17.2 Å². The molecule has 3 rings (SSSR count). The largest absolute Gasteiger partial charge is 0.478 e. The molecule has 0 atom stereocenters. The molecular formula is C19H14N2O4. The number of benzene rings is 2. The lowest BCUT2D eigenvalue weighted by atomic mass is 10.2. The Morgan fingerprint density at radius 3 is 2.24 bits per heavy atom. The van der Waals surface area contributed by atoms with E-state index in [-0.39, 0.29) is 11.3 Å². The van der Waals surface area contributed by atoms with Crippen molar-refractivity contribution in [3.63, 3.8) is 0 Å². The van der Waals surface area contributed by atoms with Gasteiger partial charge in [-0.25, -0.2) is 4.79 Å². The minimum atomic E-state index is -1.20. The van der Waals surface area contributed by atoms with Gasteiger partial charge in [0, 0.05) is 11.9 Å². The zero-order valence-corrected chi connectivity index (χ0v) is 13.0. The second-order valence-electron chi connectivity index (χ2n) is 5.10. The van der Waals surface area contributed by atoms with Gasteiger partial charge in [-0.2, -0.15) is 0 Å². The van der Waals surface area contributed by atoms with Crippen LogP contribution >= 0.6 is 0 Å². The van der Waals surface area contributed by atoms with Crippen molar-refractivity contribution in [2.45, 2.75) is 0 Å². The number of carboxylic acid groups (broad SMARTS) is 1. The van der Waals surface area contributed by atoms with E-state index in [4.69, 9.17) is 9.84 Å². The van der Waals surface area contributed by atoms with Crippen molar-refractivity contribution in [2.75, 3.05) is 5.32 Å². The van der Waals surface area contributed by atoms with Gasteiger partial charge in [0.05, 0.1) is 5.56 Å². The number of nitrogens with one attached hydrogen (secondary N) is 1. The van der Waals surface area contributed by atoms with Gasteiger partial charge in [0.2, 0.25) is 0 Å². The number of carbonyl (C=O) groups is 2. The highest BCUT2D eigenvalue weighted by Crippen LogP contribution is 2.23. The molecule has 0 spiro atoms. The molecule has 0 radical (unpaired) electrons. The number of amides is 1. The molecule has 2 N–H and O–H groups in total. The number of carboxylic acids is 1. The Balaban J connectivity index is 1.71. The fourth-order valence-electron chi connectivity index (χ4n) is 2.18. The lowest BCUT2D eigenvalue weighted by Crippen LogP contribution is -2.18. The number of rotatable bonds is 5. The Morgan fingerprint density at radius 2 is 1.56 bits per heavy atom. The third kappa shape index (κ3) is 4.00. The van der Waals surface area contributed by atoms with E-state index in [1.807, 2.05) is 30.3 Å². The quantitative estimate of drug-likeness (QED) is 0.740. The molecule has 0 unspecified atom stereocenters. The molecule has 1 aromatic heterocycles. The van der Waals surface area contributed by atoms with Crippen molar-refractivity contribution in [3.05, 3.63) is 84.2 Å². The lowest BCUT2D eigenvalue weighted by molar-refractivity contribution is 0.0691. The van der Waals surface area contributed by atoms with Gasteiger partial charge in [0.15, 0.2) is 0 Å². The number of hydrogen-bond donors (Lipinski definition) is 2. The second-order valence-corrected chi connectivity index (χ2v) is 5.10. The maximum Gasteiger partial charge on any atom is 0.338 e. The third-order valence-corrected chi connectivity index (χ3v) is 3.34. The smallest absolute Gasteiger partial charge is 0.338 e. The van der Waals surface area contributed by atoms with Gasteiger partial charge in [0.25, 0.3) is 5.91 Å². The van der Waals surface area contributed by atoms with Gasteiger partial charge in [-0.3, -0.25) is 9.78 Å². The van der Waals surface area contributed by atoms with E-state index in [1.165, 1.54) is 18.3 Å². The normalized spacial score (nSPS) is 10.1. The number of ether oxygens (including phenoxy) is 1. The van der Waals surface area contributed by atoms with Gasteiger partial charge >= 0.3 is 5.97 Å². The topological polar surface area (TPSA) is 88.5 Å². The molecule has 0 saturated heterocycles. The molecule has 6 nitrogen and oxygen atoms in total. The first-order valence-electron chi connectivity index (χ1n) is 7.46. The van der Waals surface area contributed by atoms with Crippen LogP contribution in [0.1, 0.15) is 20.8 Å². The van der Waals surface area contributed by atoms with Gasteiger partial charge < -0.3 is 15.2 Å². The summed E-state index contributed by atoms with van der Waals surface area (Å²) in [6, 6.07) is 18.9. The highest BCUT2D eigenvalue weighted by molar-refractivity contribution is 6.09. The van der Waals surface area contributed by atoms with Crippen molar-refractivity contribution in [1.82, 2.24) is 4.98 Å². The average molecular weight is 334 g/mol. The minimum Gasteiger partial charge on any atom is -0.478 e. The molecular weight excluding hydrogens is 320 g/mol. The third-order valence-electron chi connectivity index (χ3n) is 3.34. The SMILES string of the molecule is O=C(O)c1cccnc1C(=O)Nc1ccc(Oc2ccccc2)cc1. The zero-order chi connectivity index (χ0) is 17.6. The van der Waals surface area contributed by atoms with E-state index in [1.54, 1.807) is 24.3 Å². The van der Waals surface area contributed by atoms with E-state index in [9.17, 15) is 9.59 Å². The van der Waals surface area contributed by atoms with Crippen molar-refractivity contribution in [3.8, 4) is 11.5 Å². The number of aromatic nitrogens is 1. The molecule has 0 aliphatic heterocycles. The summed E-state index contributed by atoms with van der Waals surface area (Å²) in [6.07, 6.45) is 1.37. The van der Waals surface area contributed by atoms with Crippen molar-refractivity contribution < 1.29 is 19.4 Å². The Bertz CT molecular complexity index is 893. The number of pyridine rings is 1. The first-order valence-corrected chi connectivity index (χ1v) is 7.46. The highest BCUT2D eigenvalue weighted by atomic mass is 16.5. The molecule has 2 aromatic carbocycles. The molecule has 1 heterocycles. The van der Waals surface area contributed by atoms with E-state index < -0.39 is 11.9 Å². The summed E-state index contributed by atoms with van der Waals surface area (Å²) in [4.78, 5) is 27.3. The van der Waals surface area contributed by atoms with Gasteiger partial charge in [-0.15, -0.1) is 0 Å². The first kappa shape index (κ1) is 16.2. The summed E-state index contributed by atoms with van der Waals surface area (Å²) in [5, 5.41) is 11.7. The first-order chi connectivity index (χ1) is 12.1. The molecule has 25 heavy (non-hydrogen) atoms. The second kappa shape index (κ2) is 7.27. The molecule has 0 bridgehead atoms. The van der Waals surface area contributed by atoms with Crippen LogP contribution in [0.4, 0.5) is 5.69 Å². The monoisotopic (exact) mass is 334 g/mol. The Kier molecular flexibility index (Phi) is 4.71. The van der Waals surface area contributed by atoms with Crippen LogP contribution in [-0.4, -0.2) is 22.0 Å². The fraction of sp³-hybridized carbons (Fsp3) is 0. The lowest BCUT2D eigenvalue weighted by Gasteiger charge is -2.09. The van der Waals surface area contributed by atoms with E-state index in [0.717, 1.165) is 0 Å². The van der Waals surface area contributed by atoms with E-state index in [0.29, 0.717) is 17.2 Å². The van der Waals surface area contributed by atoms with E-state index in [2.05, 4.69) is 10.3 Å². The minimum absolute atomic E-state index is 0.139. The van der Waals surface area contributed by atoms with Crippen molar-refractivity contribution in [1.29, 1.82) is 0 Å². The molecule has 124 valence electrons. The predicted molar refractivity (Wildman–Crippen MR) is 92.1 cm³/mol. The number of aromatic carboxylic acids is 1. The zero-order valence-electron chi connectivity index (χ0n) is 13.0. The molecule has 0 aliphatic rings. The predicted octanol–water partition coefficient (Wildman–Crippen LogP) is 3.82. The average Bonchev–Trinajstić information content (AvgIpc) is 2.64. The maximum atomic E-state index is 12.2. The number of nitrogens with zero attached hydrogens (tertiary/aromatic N) is 1. The Morgan fingerprint density at radius 1 is 0.880 bits per heavy atom. The summed E-state index contributed by atoms with van der Waals surface area (Å²) < 4.78 is 5.67. The molecule has 3 aromatic rings. The van der Waals surface area contributed by atoms with Gasteiger partial charge in [-0.1, -0.05) is 18.2 Å².